The second-order valence-corrected chi connectivity index (χ2v) is 7.80. The number of hydrogen-bond acceptors (Lipinski definition) is 4. The van der Waals surface area contributed by atoms with Crippen LogP contribution in [0.3, 0.4) is 0 Å². The molecule has 0 saturated heterocycles. The minimum Gasteiger partial charge on any atom is -0.497 e. The maximum atomic E-state index is 12.3. The predicted molar refractivity (Wildman–Crippen MR) is 99.5 cm³/mol. The molecule has 0 aromatic heterocycles. The molecule has 4 nitrogen and oxygen atoms in total. The number of rotatable bonds is 8. The first-order chi connectivity index (χ1) is 11.8. The average Bonchev–Trinajstić information content (AvgIpc) is 2.62. The maximum absolute atomic E-state index is 12.3. The van der Waals surface area contributed by atoms with Gasteiger partial charge in [-0.3, -0.25) is 4.18 Å². The molecule has 0 aliphatic heterocycles. The number of hydrogen-bond donors (Lipinski definition) is 0. The lowest BCUT2D eigenvalue weighted by Gasteiger charge is -2.26. The summed E-state index contributed by atoms with van der Waals surface area (Å²) in [6, 6.07) is 14.3. The second kappa shape index (κ2) is 7.85. The van der Waals surface area contributed by atoms with Crippen LogP contribution in [0.25, 0.3) is 0 Å². The Kier molecular flexibility index (Phi) is 6.03. The smallest absolute Gasteiger partial charge is 0.296 e. The summed E-state index contributed by atoms with van der Waals surface area (Å²) in [5, 5.41) is 0. The van der Waals surface area contributed by atoms with Crippen molar-refractivity contribution in [3.05, 3.63) is 72.3 Å². The SMILES string of the molecule is C=CC(C)(CCOS(=O)(=O)c1ccc(C)cc1)c1ccc(OC)cc1. The molecule has 0 bridgehead atoms. The molecule has 0 heterocycles. The highest BCUT2D eigenvalue weighted by atomic mass is 32.2. The predicted octanol–water partition coefficient (Wildman–Crippen LogP) is 4.24. The molecule has 0 N–H and O–H groups in total. The highest BCUT2D eigenvalue weighted by molar-refractivity contribution is 7.86. The molecule has 5 heteroatoms. The Morgan fingerprint density at radius 1 is 1.08 bits per heavy atom. The largest absolute Gasteiger partial charge is 0.497 e. The van der Waals surface area contributed by atoms with Gasteiger partial charge in [-0.05, 0) is 43.2 Å². The standard InChI is InChI=1S/C20H24O4S/c1-5-20(3,17-8-10-18(23-4)11-9-17)14-15-24-25(21,22)19-12-6-16(2)7-13-19/h5-13H,1,14-15H2,2-4H3. The first kappa shape index (κ1) is 19.2. The summed E-state index contributed by atoms with van der Waals surface area (Å²) in [5.41, 5.74) is 1.63. The monoisotopic (exact) mass is 360 g/mol. The van der Waals surface area contributed by atoms with Gasteiger partial charge in [0.25, 0.3) is 10.1 Å². The maximum Gasteiger partial charge on any atom is 0.296 e. The molecule has 0 aliphatic rings. The molecular formula is C20H24O4S. The Balaban J connectivity index is 2.06. The Morgan fingerprint density at radius 3 is 2.20 bits per heavy atom. The van der Waals surface area contributed by atoms with E-state index in [4.69, 9.17) is 8.92 Å². The van der Waals surface area contributed by atoms with Gasteiger partial charge in [0.05, 0.1) is 18.6 Å². The number of benzene rings is 2. The zero-order chi connectivity index (χ0) is 18.5. The summed E-state index contributed by atoms with van der Waals surface area (Å²) in [6.45, 7) is 7.88. The fourth-order valence-corrected chi connectivity index (χ4v) is 3.38. The number of ether oxygens (including phenoxy) is 1. The van der Waals surface area contributed by atoms with Gasteiger partial charge in [0.1, 0.15) is 5.75 Å². The first-order valence-corrected chi connectivity index (χ1v) is 9.46. The Morgan fingerprint density at radius 2 is 1.68 bits per heavy atom. The minimum atomic E-state index is -3.75. The molecule has 0 aliphatic carbocycles. The van der Waals surface area contributed by atoms with Crippen molar-refractivity contribution in [1.29, 1.82) is 0 Å². The lowest BCUT2D eigenvalue weighted by molar-refractivity contribution is 0.286. The van der Waals surface area contributed by atoms with Crippen LogP contribution < -0.4 is 4.74 Å². The molecule has 0 spiro atoms. The fraction of sp³-hybridized carbons (Fsp3) is 0.300. The van der Waals surface area contributed by atoms with Crippen LogP contribution >= 0.6 is 0 Å². The Hall–Kier alpha value is -2.11. The van der Waals surface area contributed by atoms with Crippen molar-refractivity contribution in [3.63, 3.8) is 0 Å². The Bertz CT molecular complexity index is 808. The van der Waals surface area contributed by atoms with E-state index in [0.29, 0.717) is 6.42 Å². The van der Waals surface area contributed by atoms with E-state index in [1.54, 1.807) is 31.4 Å². The lowest BCUT2D eigenvalue weighted by Crippen LogP contribution is -2.22. The van der Waals surface area contributed by atoms with Crippen molar-refractivity contribution in [2.24, 2.45) is 0 Å². The molecule has 2 aromatic carbocycles. The number of aryl methyl sites for hydroxylation is 1. The summed E-state index contributed by atoms with van der Waals surface area (Å²) in [6.07, 6.45) is 2.31. The van der Waals surface area contributed by atoms with Gasteiger partial charge in [-0.25, -0.2) is 0 Å². The van der Waals surface area contributed by atoms with Crippen LogP contribution in [0.4, 0.5) is 0 Å². The van der Waals surface area contributed by atoms with Crippen molar-refractivity contribution >= 4 is 10.1 Å². The van der Waals surface area contributed by atoms with Crippen LogP contribution in [0.5, 0.6) is 5.75 Å². The van der Waals surface area contributed by atoms with Gasteiger partial charge < -0.3 is 4.74 Å². The van der Waals surface area contributed by atoms with E-state index in [2.05, 4.69) is 6.58 Å². The first-order valence-electron chi connectivity index (χ1n) is 8.05. The summed E-state index contributed by atoms with van der Waals surface area (Å²) in [5.74, 6) is 0.772. The van der Waals surface area contributed by atoms with E-state index in [1.807, 2.05) is 44.2 Å². The minimum absolute atomic E-state index is 0.0742. The van der Waals surface area contributed by atoms with Crippen molar-refractivity contribution in [2.45, 2.75) is 30.6 Å². The zero-order valence-corrected chi connectivity index (χ0v) is 15.7. The zero-order valence-electron chi connectivity index (χ0n) is 14.9. The molecule has 0 radical (unpaired) electrons. The fourth-order valence-electron chi connectivity index (χ4n) is 2.47. The van der Waals surface area contributed by atoms with Gasteiger partial charge in [-0.2, -0.15) is 8.42 Å². The van der Waals surface area contributed by atoms with E-state index in [1.165, 1.54) is 0 Å². The lowest BCUT2D eigenvalue weighted by atomic mass is 9.80. The van der Waals surface area contributed by atoms with E-state index in [9.17, 15) is 8.42 Å². The summed E-state index contributed by atoms with van der Waals surface area (Å²) < 4.78 is 34.9. The van der Waals surface area contributed by atoms with Crippen LogP contribution in [-0.2, 0) is 19.7 Å². The van der Waals surface area contributed by atoms with E-state index < -0.39 is 15.5 Å². The molecule has 2 aromatic rings. The van der Waals surface area contributed by atoms with Crippen LogP contribution in [0.15, 0.2) is 66.1 Å². The second-order valence-electron chi connectivity index (χ2n) is 6.19. The number of methoxy groups -OCH3 is 1. The van der Waals surface area contributed by atoms with Crippen LogP contribution in [0, 0.1) is 6.92 Å². The van der Waals surface area contributed by atoms with Crippen molar-refractivity contribution < 1.29 is 17.3 Å². The number of allylic oxidation sites excluding steroid dienone is 1. The van der Waals surface area contributed by atoms with Crippen molar-refractivity contribution in [1.82, 2.24) is 0 Å². The van der Waals surface area contributed by atoms with E-state index in [0.717, 1.165) is 16.9 Å². The molecule has 134 valence electrons. The third kappa shape index (κ3) is 4.71. The molecule has 1 unspecified atom stereocenters. The van der Waals surface area contributed by atoms with Crippen LogP contribution in [-0.4, -0.2) is 22.1 Å². The van der Waals surface area contributed by atoms with Crippen LogP contribution in [0.2, 0.25) is 0 Å². The Labute approximate surface area is 150 Å². The molecule has 0 saturated carbocycles. The van der Waals surface area contributed by atoms with Gasteiger partial charge in [0, 0.05) is 5.41 Å². The third-order valence-electron chi connectivity index (χ3n) is 4.37. The van der Waals surface area contributed by atoms with Gasteiger partial charge >= 0.3 is 0 Å². The van der Waals surface area contributed by atoms with Gasteiger partial charge in [-0.1, -0.05) is 42.8 Å². The van der Waals surface area contributed by atoms with E-state index in [-0.39, 0.29) is 11.5 Å². The summed E-state index contributed by atoms with van der Waals surface area (Å²) in [7, 11) is -2.14. The van der Waals surface area contributed by atoms with E-state index >= 15 is 0 Å². The van der Waals surface area contributed by atoms with Crippen molar-refractivity contribution in [3.8, 4) is 5.75 Å². The topological polar surface area (TPSA) is 52.6 Å². The summed E-state index contributed by atoms with van der Waals surface area (Å²) in [4.78, 5) is 0.169. The third-order valence-corrected chi connectivity index (χ3v) is 5.70. The van der Waals surface area contributed by atoms with Gasteiger partial charge in [0.2, 0.25) is 0 Å². The molecule has 0 fully saturated rings. The summed E-state index contributed by atoms with van der Waals surface area (Å²) >= 11 is 0. The average molecular weight is 360 g/mol. The molecule has 25 heavy (non-hydrogen) atoms. The molecular weight excluding hydrogens is 336 g/mol. The molecule has 0 amide bonds. The van der Waals surface area contributed by atoms with Gasteiger partial charge in [-0.15, -0.1) is 6.58 Å². The van der Waals surface area contributed by atoms with Crippen LogP contribution in [0.1, 0.15) is 24.5 Å². The quantitative estimate of drug-likeness (QED) is 0.522. The normalized spacial score (nSPS) is 13.9. The molecule has 2 rings (SSSR count). The van der Waals surface area contributed by atoms with Crippen molar-refractivity contribution in [2.75, 3.05) is 13.7 Å². The highest BCUT2D eigenvalue weighted by Gasteiger charge is 2.24. The molecule has 1 atom stereocenters. The van der Waals surface area contributed by atoms with Gasteiger partial charge in [0.15, 0.2) is 0 Å². The highest BCUT2D eigenvalue weighted by Crippen LogP contribution is 2.30.